The van der Waals surface area contributed by atoms with Gasteiger partial charge in [-0.2, -0.15) is 0 Å². The van der Waals surface area contributed by atoms with Crippen LogP contribution in [0.5, 0.6) is 0 Å². The normalized spacial score (nSPS) is 28.5. The Morgan fingerprint density at radius 2 is 1.87 bits per heavy atom. The Morgan fingerprint density at radius 1 is 1.30 bits per heavy atom. The van der Waals surface area contributed by atoms with Crippen molar-refractivity contribution >= 4 is 12.4 Å². The molecule has 2 heterocycles. The summed E-state index contributed by atoms with van der Waals surface area (Å²) in [4.78, 5) is 25.2. The summed E-state index contributed by atoms with van der Waals surface area (Å²) < 4.78 is 5.18. The van der Waals surface area contributed by atoms with Crippen molar-refractivity contribution < 1.29 is 24.5 Å². The number of carbonyl (C=O) groups is 2. The second kappa shape index (κ2) is 8.08. The highest BCUT2D eigenvalue weighted by atomic mass is 16.5. The summed E-state index contributed by atoms with van der Waals surface area (Å²) in [5.74, 6) is 0.149. The van der Waals surface area contributed by atoms with Crippen molar-refractivity contribution in [2.45, 2.75) is 56.2 Å². The maximum Gasteiger partial charge on any atom is 0.290 e. The Balaban J connectivity index is 0.000000595. The molecule has 2 unspecified atom stereocenters. The standard InChI is InChI=1S/C15H26N2O3.CH2O2/c1-20-8-7-17-12-3-4-13(17)11-16(10-12)14(18)9-15(19)5-2-6-15;2-1-3/h12-13,19H,2-11H2,1H3;1H,(H,2,3). The molecule has 7 nitrogen and oxygen atoms in total. The molecule has 0 aromatic carbocycles. The number of carboxylic acid groups (broad SMARTS) is 1. The van der Waals surface area contributed by atoms with Gasteiger partial charge in [0.25, 0.3) is 6.47 Å². The minimum Gasteiger partial charge on any atom is -0.483 e. The van der Waals surface area contributed by atoms with Crippen LogP contribution < -0.4 is 0 Å². The molecule has 7 heteroatoms. The molecule has 2 bridgehead atoms. The van der Waals surface area contributed by atoms with Gasteiger partial charge in [-0.1, -0.05) is 0 Å². The smallest absolute Gasteiger partial charge is 0.290 e. The number of ether oxygens (including phenoxy) is 1. The molecule has 0 radical (unpaired) electrons. The molecule has 3 rings (SSSR count). The molecule has 0 aromatic heterocycles. The summed E-state index contributed by atoms with van der Waals surface area (Å²) in [5.41, 5.74) is -0.691. The van der Waals surface area contributed by atoms with Gasteiger partial charge in [-0.05, 0) is 32.1 Å². The molecule has 2 atom stereocenters. The van der Waals surface area contributed by atoms with E-state index in [1.165, 1.54) is 12.8 Å². The Labute approximate surface area is 137 Å². The summed E-state index contributed by atoms with van der Waals surface area (Å²) in [6.45, 7) is 3.14. The lowest BCUT2D eigenvalue weighted by Crippen LogP contribution is -2.57. The Kier molecular flexibility index (Phi) is 6.38. The van der Waals surface area contributed by atoms with Crippen molar-refractivity contribution in [2.24, 2.45) is 0 Å². The van der Waals surface area contributed by atoms with Gasteiger partial charge in [0, 0.05) is 38.8 Å². The van der Waals surface area contributed by atoms with Gasteiger partial charge < -0.3 is 19.8 Å². The number of fused-ring (bicyclic) bond motifs is 2. The van der Waals surface area contributed by atoms with Crippen LogP contribution in [-0.4, -0.2) is 83.4 Å². The molecule has 3 aliphatic rings. The Bertz CT molecular complexity index is 399. The summed E-state index contributed by atoms with van der Waals surface area (Å²) in [5, 5.41) is 17.0. The van der Waals surface area contributed by atoms with Crippen LogP contribution in [0, 0.1) is 0 Å². The molecule has 0 spiro atoms. The van der Waals surface area contributed by atoms with E-state index in [2.05, 4.69) is 4.90 Å². The summed E-state index contributed by atoms with van der Waals surface area (Å²) in [7, 11) is 1.74. The zero-order chi connectivity index (χ0) is 16.9. The van der Waals surface area contributed by atoms with Gasteiger partial charge in [-0.15, -0.1) is 0 Å². The van der Waals surface area contributed by atoms with Crippen LogP contribution in [0.2, 0.25) is 0 Å². The SMILES string of the molecule is COCCN1C2CCC1CN(C(=O)CC1(O)CCC1)C2.O=CO. The fourth-order valence-corrected chi connectivity index (χ4v) is 3.91. The largest absolute Gasteiger partial charge is 0.483 e. The number of hydrogen-bond acceptors (Lipinski definition) is 5. The third-order valence-corrected chi connectivity index (χ3v) is 5.30. The molecule has 0 aromatic rings. The lowest BCUT2D eigenvalue weighted by atomic mass is 9.77. The first-order valence-corrected chi connectivity index (χ1v) is 8.35. The maximum absolute atomic E-state index is 12.4. The number of piperazine rings is 1. The summed E-state index contributed by atoms with van der Waals surface area (Å²) >= 11 is 0. The minimum absolute atomic E-state index is 0.149. The van der Waals surface area contributed by atoms with Crippen molar-refractivity contribution in [3.8, 4) is 0 Å². The highest BCUT2D eigenvalue weighted by Gasteiger charge is 2.43. The van der Waals surface area contributed by atoms with Crippen molar-refractivity contribution in [1.82, 2.24) is 9.80 Å². The molecule has 1 aliphatic carbocycles. The third kappa shape index (κ3) is 4.43. The number of methoxy groups -OCH3 is 1. The third-order valence-electron chi connectivity index (χ3n) is 5.30. The first kappa shape index (κ1) is 18.2. The Hall–Kier alpha value is -1.18. The molecule has 1 saturated carbocycles. The highest BCUT2D eigenvalue weighted by molar-refractivity contribution is 5.77. The van der Waals surface area contributed by atoms with Crippen LogP contribution >= 0.6 is 0 Å². The zero-order valence-corrected chi connectivity index (χ0v) is 13.8. The maximum atomic E-state index is 12.4. The molecule has 132 valence electrons. The summed E-state index contributed by atoms with van der Waals surface area (Å²) in [6.07, 6.45) is 5.33. The Morgan fingerprint density at radius 3 is 2.30 bits per heavy atom. The average molecular weight is 328 g/mol. The molecule has 23 heavy (non-hydrogen) atoms. The van der Waals surface area contributed by atoms with Crippen molar-refractivity contribution in [3.63, 3.8) is 0 Å². The van der Waals surface area contributed by atoms with Crippen LogP contribution in [0.15, 0.2) is 0 Å². The second-order valence-electron chi connectivity index (χ2n) is 6.77. The van der Waals surface area contributed by atoms with E-state index in [4.69, 9.17) is 14.6 Å². The van der Waals surface area contributed by atoms with Gasteiger partial charge in [0.1, 0.15) is 0 Å². The van der Waals surface area contributed by atoms with Crippen molar-refractivity contribution in [1.29, 1.82) is 0 Å². The number of rotatable bonds is 5. The van der Waals surface area contributed by atoms with E-state index in [1.807, 2.05) is 4.90 Å². The van der Waals surface area contributed by atoms with Gasteiger partial charge in [0.05, 0.1) is 18.6 Å². The minimum atomic E-state index is -0.691. The number of nitrogens with zero attached hydrogens (tertiary/aromatic N) is 2. The topological polar surface area (TPSA) is 90.3 Å². The molecular weight excluding hydrogens is 300 g/mol. The lowest BCUT2D eigenvalue weighted by Gasteiger charge is -2.43. The van der Waals surface area contributed by atoms with Gasteiger partial charge in [0.15, 0.2) is 0 Å². The fourth-order valence-electron chi connectivity index (χ4n) is 3.91. The number of hydrogen-bond donors (Lipinski definition) is 2. The fraction of sp³-hybridized carbons (Fsp3) is 0.875. The molecule has 2 aliphatic heterocycles. The van der Waals surface area contributed by atoms with Crippen molar-refractivity contribution in [3.05, 3.63) is 0 Å². The van der Waals surface area contributed by atoms with Crippen LogP contribution in [0.25, 0.3) is 0 Å². The van der Waals surface area contributed by atoms with Gasteiger partial charge >= 0.3 is 0 Å². The van der Waals surface area contributed by atoms with E-state index >= 15 is 0 Å². The van der Waals surface area contributed by atoms with Gasteiger partial charge in [-0.25, -0.2) is 0 Å². The predicted octanol–water partition coefficient (Wildman–Crippen LogP) is 0.314. The number of likely N-dealkylation sites (tertiary alicyclic amines) is 1. The van der Waals surface area contributed by atoms with Gasteiger partial charge in [0.2, 0.25) is 5.91 Å². The van der Waals surface area contributed by atoms with Gasteiger partial charge in [-0.3, -0.25) is 14.5 Å². The van der Waals surface area contributed by atoms with Crippen LogP contribution in [-0.2, 0) is 14.3 Å². The average Bonchev–Trinajstić information content (AvgIpc) is 2.72. The monoisotopic (exact) mass is 328 g/mol. The second-order valence-corrected chi connectivity index (χ2v) is 6.77. The zero-order valence-electron chi connectivity index (χ0n) is 13.8. The van der Waals surface area contributed by atoms with E-state index in [-0.39, 0.29) is 12.4 Å². The quantitative estimate of drug-likeness (QED) is 0.706. The van der Waals surface area contributed by atoms with Crippen LogP contribution in [0.1, 0.15) is 38.5 Å². The summed E-state index contributed by atoms with van der Waals surface area (Å²) in [6, 6.07) is 0.979. The molecule has 2 saturated heterocycles. The van der Waals surface area contributed by atoms with Crippen molar-refractivity contribution in [2.75, 3.05) is 33.4 Å². The van der Waals surface area contributed by atoms with E-state index in [1.54, 1.807) is 7.11 Å². The molecule has 1 amide bonds. The first-order chi connectivity index (χ1) is 11.0. The van der Waals surface area contributed by atoms with Crippen LogP contribution in [0.4, 0.5) is 0 Å². The molecule has 3 fully saturated rings. The number of aliphatic hydroxyl groups is 1. The predicted molar refractivity (Wildman–Crippen MR) is 84.1 cm³/mol. The number of amides is 1. The molecule has 2 N–H and O–H groups in total. The first-order valence-electron chi connectivity index (χ1n) is 8.35. The van der Waals surface area contributed by atoms with E-state index in [0.717, 1.165) is 45.5 Å². The van der Waals surface area contributed by atoms with E-state index < -0.39 is 5.60 Å². The van der Waals surface area contributed by atoms with Crippen LogP contribution in [0.3, 0.4) is 0 Å². The van der Waals surface area contributed by atoms with E-state index in [0.29, 0.717) is 18.5 Å². The lowest BCUT2D eigenvalue weighted by molar-refractivity contribution is -0.143. The highest BCUT2D eigenvalue weighted by Crippen LogP contribution is 2.36. The molecular formula is C16H28N2O5. The van der Waals surface area contributed by atoms with E-state index in [9.17, 15) is 9.90 Å². The number of carbonyl (C=O) groups excluding carboxylic acids is 1.